The molecule has 31 heavy (non-hydrogen) atoms. The van der Waals surface area contributed by atoms with Crippen LogP contribution in [-0.4, -0.2) is 65.4 Å². The average molecular weight is 534 g/mol. The fourth-order valence-electron chi connectivity index (χ4n) is 2.46. The van der Waals surface area contributed by atoms with E-state index in [4.69, 9.17) is 31.6 Å². The Bertz CT molecular complexity index is 1080. The Hall–Kier alpha value is -0.710. The van der Waals surface area contributed by atoms with Gasteiger partial charge in [-0.15, -0.1) is 0 Å². The number of aliphatic hydroxyl groups excluding tert-OH is 1. The highest BCUT2D eigenvalue weighted by Gasteiger charge is 2.59. The van der Waals surface area contributed by atoms with E-state index < -0.39 is 66.5 Å². The van der Waals surface area contributed by atoms with Gasteiger partial charge in [0.25, 0.3) is 0 Å². The maximum Gasteiger partial charge on any atom is 0.490 e. The summed E-state index contributed by atoms with van der Waals surface area (Å²) in [5.74, 6) is 0. The average Bonchev–Trinajstić information content (AvgIpc) is 2.82. The Morgan fingerprint density at radius 3 is 2.35 bits per heavy atom. The van der Waals surface area contributed by atoms with Crippen molar-refractivity contribution in [1.82, 2.24) is 9.55 Å². The predicted octanol–water partition coefficient (Wildman–Crippen LogP) is 0.185. The Morgan fingerprint density at radius 2 is 1.84 bits per heavy atom. The molecule has 0 radical (unpaired) electrons. The summed E-state index contributed by atoms with van der Waals surface area (Å²) >= 11 is 4.70. The van der Waals surface area contributed by atoms with Gasteiger partial charge >= 0.3 is 29.2 Å². The lowest BCUT2D eigenvalue weighted by atomic mass is 9.97. The second-order valence-electron chi connectivity index (χ2n) is 5.94. The lowest BCUT2D eigenvalue weighted by molar-refractivity contribution is -0.0730. The van der Waals surface area contributed by atoms with Gasteiger partial charge in [-0.2, -0.15) is 8.62 Å². The van der Waals surface area contributed by atoms with Crippen molar-refractivity contribution in [2.45, 2.75) is 24.1 Å². The molecule has 0 saturated carbocycles. The van der Waals surface area contributed by atoms with E-state index in [0.717, 1.165) is 12.3 Å². The molecule has 0 amide bonds. The number of phosphoric acid groups is 3. The van der Waals surface area contributed by atoms with Gasteiger partial charge in [0.15, 0.2) is 6.23 Å². The molecule has 1 saturated heterocycles. The highest BCUT2D eigenvalue weighted by molar-refractivity contribution is 7.71. The first-order valence-corrected chi connectivity index (χ1v) is 12.6. The van der Waals surface area contributed by atoms with Crippen LogP contribution in [0.4, 0.5) is 8.78 Å². The molecule has 178 valence electrons. The molecule has 1 aliphatic heterocycles. The number of ether oxygens (including phenoxy) is 1. The van der Waals surface area contributed by atoms with E-state index in [1.807, 2.05) is 0 Å². The highest BCUT2D eigenvalue weighted by atomic mass is 32.1. The van der Waals surface area contributed by atoms with Crippen LogP contribution in [0.5, 0.6) is 0 Å². The van der Waals surface area contributed by atoms with E-state index in [0.29, 0.717) is 4.57 Å². The highest BCUT2D eigenvalue weighted by Crippen LogP contribution is 2.66. The van der Waals surface area contributed by atoms with Crippen LogP contribution >= 0.6 is 35.7 Å². The van der Waals surface area contributed by atoms with E-state index in [1.54, 1.807) is 0 Å². The Kier molecular flexibility index (Phi) is 7.94. The minimum Gasteiger partial charge on any atom is -0.387 e. The largest absolute Gasteiger partial charge is 0.490 e. The maximum atomic E-state index is 15.0. The van der Waals surface area contributed by atoms with Crippen molar-refractivity contribution in [2.75, 3.05) is 13.3 Å². The molecule has 2 heterocycles. The molecule has 0 aromatic carbocycles. The molecule has 0 aliphatic carbocycles. The summed E-state index contributed by atoms with van der Waals surface area (Å²) in [5.41, 5.74) is -4.26. The number of aromatic amines is 1. The molecule has 6 atom stereocenters. The molecule has 1 aliphatic rings. The zero-order chi connectivity index (χ0) is 23.8. The van der Waals surface area contributed by atoms with Crippen LogP contribution in [0.25, 0.3) is 0 Å². The van der Waals surface area contributed by atoms with Gasteiger partial charge in [-0.05, 0) is 6.07 Å². The van der Waals surface area contributed by atoms with Gasteiger partial charge in [-0.1, -0.05) is 12.2 Å². The summed E-state index contributed by atoms with van der Waals surface area (Å²) in [6.45, 7) is -3.13. The van der Waals surface area contributed by atoms with Crippen LogP contribution in [0.3, 0.4) is 0 Å². The van der Waals surface area contributed by atoms with Gasteiger partial charge in [-0.25, -0.2) is 27.3 Å². The number of hydrogen-bond donors (Lipinski definition) is 6. The SMILES string of the molecule is O=c1[nH]c(=S)ccn1[C@@H]1O[C@H](COP(=O)(O)OP(=O)(O)OP(=O)(O)O)[C@H](O)C1(F)CF. The predicted molar refractivity (Wildman–Crippen MR) is 95.4 cm³/mol. The summed E-state index contributed by atoms with van der Waals surface area (Å²) in [5, 5.41) is 10.1. The van der Waals surface area contributed by atoms with Crippen molar-refractivity contribution in [3.8, 4) is 0 Å². The molecule has 1 aromatic heterocycles. The molecule has 1 fully saturated rings. The van der Waals surface area contributed by atoms with E-state index in [9.17, 15) is 32.9 Å². The number of H-pyrrole nitrogens is 1. The first-order valence-electron chi connectivity index (χ1n) is 7.68. The summed E-state index contributed by atoms with van der Waals surface area (Å²) < 4.78 is 78.7. The standard InChI is InChI=1S/C10H15F2N2O13P3S/c11-4-10(12)7(15)5(25-8(10)14-2-1-6(31)13-9(14)16)3-24-29(20,21)27-30(22,23)26-28(17,18)19/h1-2,5,7-8,15H,3-4H2,(H,20,21)(H,22,23)(H,13,16,31)(H2,17,18,19)/t5-,7+,8-,10?/m1/s1. The zero-order valence-electron chi connectivity index (χ0n) is 14.8. The van der Waals surface area contributed by atoms with Crippen molar-refractivity contribution in [3.63, 3.8) is 0 Å². The first-order chi connectivity index (χ1) is 14.0. The van der Waals surface area contributed by atoms with Gasteiger partial charge in [0.2, 0.25) is 5.67 Å². The quantitative estimate of drug-likeness (QED) is 0.184. The molecule has 0 bridgehead atoms. The van der Waals surface area contributed by atoms with E-state index >= 15 is 4.39 Å². The molecule has 2 rings (SSSR count). The number of nitrogens with zero attached hydrogens (tertiary/aromatic N) is 1. The molecule has 3 unspecified atom stereocenters. The fourth-order valence-corrected chi connectivity index (χ4v) is 5.64. The zero-order valence-corrected chi connectivity index (χ0v) is 18.3. The molecular formula is C10H15F2N2O13P3S. The third kappa shape index (κ3) is 6.65. The van der Waals surface area contributed by atoms with Crippen molar-refractivity contribution in [3.05, 3.63) is 27.4 Å². The third-order valence-electron chi connectivity index (χ3n) is 3.68. The number of aliphatic hydroxyl groups is 1. The van der Waals surface area contributed by atoms with Gasteiger partial charge < -0.3 is 29.4 Å². The van der Waals surface area contributed by atoms with Crippen molar-refractivity contribution >= 4 is 35.7 Å². The number of phosphoric ester groups is 1. The summed E-state index contributed by atoms with van der Waals surface area (Å²) in [4.78, 5) is 49.4. The fraction of sp³-hybridized carbons (Fsp3) is 0.600. The summed E-state index contributed by atoms with van der Waals surface area (Å²) in [7, 11) is -17.0. The van der Waals surface area contributed by atoms with E-state index in [-0.39, 0.29) is 4.64 Å². The topological polar surface area (TPSA) is 227 Å². The minimum absolute atomic E-state index is 0.0475. The molecule has 0 spiro atoms. The summed E-state index contributed by atoms with van der Waals surface area (Å²) in [6.07, 6.45) is -5.43. The Morgan fingerprint density at radius 1 is 1.23 bits per heavy atom. The van der Waals surface area contributed by atoms with Crippen LogP contribution in [0.2, 0.25) is 0 Å². The van der Waals surface area contributed by atoms with Gasteiger partial charge in [0, 0.05) is 6.20 Å². The van der Waals surface area contributed by atoms with Gasteiger partial charge in [-0.3, -0.25) is 14.1 Å². The second kappa shape index (κ2) is 9.27. The number of hydrogen-bond acceptors (Lipinski definition) is 10. The Balaban J connectivity index is 2.18. The lowest BCUT2D eigenvalue weighted by Gasteiger charge is -2.26. The Labute approximate surface area is 175 Å². The number of alkyl halides is 2. The smallest absolute Gasteiger partial charge is 0.387 e. The lowest BCUT2D eigenvalue weighted by Crippen LogP contribution is -2.47. The van der Waals surface area contributed by atoms with Crippen LogP contribution in [0.15, 0.2) is 17.1 Å². The van der Waals surface area contributed by atoms with Crippen LogP contribution < -0.4 is 5.69 Å². The monoisotopic (exact) mass is 534 g/mol. The molecule has 21 heteroatoms. The van der Waals surface area contributed by atoms with Crippen molar-refractivity contribution in [2.24, 2.45) is 0 Å². The molecule has 6 N–H and O–H groups in total. The van der Waals surface area contributed by atoms with Crippen molar-refractivity contribution in [1.29, 1.82) is 0 Å². The number of rotatable bonds is 9. The third-order valence-corrected chi connectivity index (χ3v) is 7.73. The first kappa shape index (κ1) is 26.5. The summed E-state index contributed by atoms with van der Waals surface area (Å²) in [6, 6.07) is 1.13. The van der Waals surface area contributed by atoms with Crippen molar-refractivity contribution < 1.29 is 65.0 Å². The number of aromatic nitrogens is 2. The van der Waals surface area contributed by atoms with Gasteiger partial charge in [0.1, 0.15) is 23.5 Å². The number of nitrogens with one attached hydrogen (secondary N) is 1. The van der Waals surface area contributed by atoms with Crippen LogP contribution in [0.1, 0.15) is 6.23 Å². The maximum absolute atomic E-state index is 15.0. The normalized spacial score (nSPS) is 30.6. The molecule has 15 nitrogen and oxygen atoms in total. The van der Waals surface area contributed by atoms with Gasteiger partial charge in [0.05, 0.1) is 6.61 Å². The molecule has 1 aromatic rings. The minimum atomic E-state index is -5.81. The number of halogens is 2. The van der Waals surface area contributed by atoms with Crippen LogP contribution in [0, 0.1) is 4.64 Å². The van der Waals surface area contributed by atoms with E-state index in [2.05, 4.69) is 18.1 Å². The van der Waals surface area contributed by atoms with Crippen LogP contribution in [-0.2, 0) is 31.6 Å². The molecular weight excluding hydrogens is 519 g/mol. The van der Waals surface area contributed by atoms with E-state index in [1.165, 1.54) is 0 Å². The second-order valence-corrected chi connectivity index (χ2v) is 10.8.